The second-order valence-electron chi connectivity index (χ2n) is 5.47. The monoisotopic (exact) mass is 319 g/mol. The lowest BCUT2D eigenvalue weighted by molar-refractivity contribution is 0.257. The van der Waals surface area contributed by atoms with Crippen LogP contribution in [0.1, 0.15) is 30.6 Å². The van der Waals surface area contributed by atoms with Crippen LogP contribution in [0.5, 0.6) is 0 Å². The van der Waals surface area contributed by atoms with Gasteiger partial charge in [-0.1, -0.05) is 37.3 Å². The van der Waals surface area contributed by atoms with Crippen molar-refractivity contribution in [3.05, 3.63) is 59.9 Å². The molecule has 2 aromatic rings. The molecule has 1 aliphatic heterocycles. The lowest BCUT2D eigenvalue weighted by Gasteiger charge is -2.35. The number of aromatic nitrogens is 1. The van der Waals surface area contributed by atoms with Crippen molar-refractivity contribution in [3.63, 3.8) is 0 Å². The molecule has 0 aliphatic carbocycles. The van der Waals surface area contributed by atoms with Crippen LogP contribution in [0.2, 0.25) is 0 Å². The zero-order valence-electron chi connectivity index (χ0n) is 12.6. The quantitative estimate of drug-likeness (QED) is 0.919. The first-order valence-electron chi connectivity index (χ1n) is 7.57. The topological polar surface area (TPSA) is 54.3 Å². The smallest absolute Gasteiger partial charge is 0.280 e. The highest BCUT2D eigenvalue weighted by atomic mass is 32.2. The lowest BCUT2D eigenvalue weighted by Crippen LogP contribution is -2.46. The number of nitrogens with one attached hydrogen (secondary N) is 1. The van der Waals surface area contributed by atoms with E-state index in [2.05, 4.69) is 9.29 Å². The molecule has 0 fully saturated rings. The van der Waals surface area contributed by atoms with Gasteiger partial charge < -0.3 is 4.57 Å². The van der Waals surface area contributed by atoms with Crippen molar-refractivity contribution in [1.29, 1.82) is 0 Å². The van der Waals surface area contributed by atoms with Crippen LogP contribution < -0.4 is 4.72 Å². The first-order chi connectivity index (χ1) is 10.6. The van der Waals surface area contributed by atoms with E-state index in [4.69, 9.17) is 0 Å². The van der Waals surface area contributed by atoms with Crippen molar-refractivity contribution < 1.29 is 8.42 Å². The summed E-state index contributed by atoms with van der Waals surface area (Å²) >= 11 is 0. The molecule has 0 radical (unpaired) electrons. The van der Waals surface area contributed by atoms with E-state index < -0.39 is 10.2 Å². The molecular formula is C16H21N3O2S. The maximum atomic E-state index is 12.7. The maximum Gasteiger partial charge on any atom is 0.280 e. The van der Waals surface area contributed by atoms with Gasteiger partial charge in [0.15, 0.2) is 0 Å². The molecule has 0 saturated carbocycles. The van der Waals surface area contributed by atoms with E-state index in [-0.39, 0.29) is 6.04 Å². The van der Waals surface area contributed by atoms with Crippen molar-refractivity contribution in [1.82, 2.24) is 13.6 Å². The molecule has 3 rings (SSSR count). The van der Waals surface area contributed by atoms with E-state index in [1.54, 1.807) is 4.31 Å². The Morgan fingerprint density at radius 2 is 1.91 bits per heavy atom. The van der Waals surface area contributed by atoms with Crippen LogP contribution in [0.3, 0.4) is 0 Å². The lowest BCUT2D eigenvalue weighted by atomic mass is 10.1. The Balaban J connectivity index is 1.77. The van der Waals surface area contributed by atoms with Crippen molar-refractivity contribution >= 4 is 10.2 Å². The Bertz CT molecular complexity index is 725. The molecule has 5 nitrogen and oxygen atoms in total. The van der Waals surface area contributed by atoms with Gasteiger partial charge in [0, 0.05) is 31.5 Å². The molecule has 1 aliphatic rings. The van der Waals surface area contributed by atoms with Crippen molar-refractivity contribution in [2.24, 2.45) is 0 Å². The molecule has 1 aromatic carbocycles. The van der Waals surface area contributed by atoms with Crippen LogP contribution in [0, 0.1) is 0 Å². The average molecular weight is 319 g/mol. The zero-order valence-corrected chi connectivity index (χ0v) is 13.5. The van der Waals surface area contributed by atoms with Gasteiger partial charge in [-0.15, -0.1) is 0 Å². The molecule has 1 aromatic heterocycles. The van der Waals surface area contributed by atoms with Crippen LogP contribution in [-0.2, 0) is 23.3 Å². The van der Waals surface area contributed by atoms with Gasteiger partial charge in [-0.2, -0.15) is 17.4 Å². The molecule has 0 bridgehead atoms. The molecule has 0 spiro atoms. The van der Waals surface area contributed by atoms with Crippen molar-refractivity contribution in [2.45, 2.75) is 32.5 Å². The molecule has 2 heterocycles. The van der Waals surface area contributed by atoms with Gasteiger partial charge in [0.25, 0.3) is 10.2 Å². The molecule has 22 heavy (non-hydrogen) atoms. The van der Waals surface area contributed by atoms with Gasteiger partial charge in [-0.05, 0) is 24.1 Å². The summed E-state index contributed by atoms with van der Waals surface area (Å²) in [7, 11) is -3.49. The summed E-state index contributed by atoms with van der Waals surface area (Å²) in [6.07, 6.45) is 2.77. The Labute approximate surface area is 131 Å². The molecule has 6 heteroatoms. The highest BCUT2D eigenvalue weighted by Gasteiger charge is 2.34. The second kappa shape index (κ2) is 6.24. The zero-order chi connectivity index (χ0) is 15.6. The van der Waals surface area contributed by atoms with Crippen molar-refractivity contribution in [2.75, 3.05) is 6.54 Å². The predicted molar refractivity (Wildman–Crippen MR) is 86.4 cm³/mol. The van der Waals surface area contributed by atoms with E-state index in [1.165, 1.54) is 0 Å². The van der Waals surface area contributed by atoms with Crippen molar-refractivity contribution in [3.8, 4) is 0 Å². The van der Waals surface area contributed by atoms with E-state index in [9.17, 15) is 8.42 Å². The summed E-state index contributed by atoms with van der Waals surface area (Å²) in [6, 6.07) is 13.5. The van der Waals surface area contributed by atoms with Crippen LogP contribution in [-0.4, -0.2) is 23.8 Å². The number of nitrogens with zero attached hydrogens (tertiary/aromatic N) is 2. The Morgan fingerprint density at radius 1 is 1.14 bits per heavy atom. The van der Waals surface area contributed by atoms with Gasteiger partial charge in [-0.3, -0.25) is 0 Å². The fourth-order valence-corrected chi connectivity index (χ4v) is 4.43. The molecule has 1 atom stereocenters. The summed E-state index contributed by atoms with van der Waals surface area (Å²) < 4.78 is 31.8. The third-order valence-corrected chi connectivity index (χ3v) is 5.68. The number of rotatable bonds is 5. The average Bonchev–Trinajstić information content (AvgIpc) is 3.01. The van der Waals surface area contributed by atoms with Gasteiger partial charge in [-0.25, -0.2) is 0 Å². The Morgan fingerprint density at radius 3 is 2.64 bits per heavy atom. The van der Waals surface area contributed by atoms with E-state index in [1.807, 2.05) is 55.6 Å². The van der Waals surface area contributed by atoms with Gasteiger partial charge >= 0.3 is 0 Å². The third kappa shape index (κ3) is 2.95. The number of fused-ring (bicyclic) bond motifs is 1. The number of hydrogen-bond acceptors (Lipinski definition) is 2. The maximum absolute atomic E-state index is 12.7. The van der Waals surface area contributed by atoms with Crippen LogP contribution in [0.25, 0.3) is 0 Å². The largest absolute Gasteiger partial charge is 0.349 e. The SMILES string of the molecule is CCC1c2cccn2CCN1S(=O)(=O)NCc1ccccc1. The number of hydrogen-bond donors (Lipinski definition) is 1. The van der Waals surface area contributed by atoms with E-state index >= 15 is 0 Å². The summed E-state index contributed by atoms with van der Waals surface area (Å²) in [5.74, 6) is 0. The second-order valence-corrected chi connectivity index (χ2v) is 7.18. The Kier molecular flexibility index (Phi) is 4.33. The van der Waals surface area contributed by atoms with E-state index in [0.717, 1.165) is 17.7 Å². The summed E-state index contributed by atoms with van der Waals surface area (Å²) in [5, 5.41) is 0. The standard InChI is InChI=1S/C16H21N3O2S/c1-2-15-16-9-6-10-18(16)11-12-19(15)22(20,21)17-13-14-7-4-3-5-8-14/h3-10,15,17H,2,11-13H2,1H3. The summed E-state index contributed by atoms with van der Waals surface area (Å²) in [6.45, 7) is 3.54. The highest BCUT2D eigenvalue weighted by molar-refractivity contribution is 7.87. The summed E-state index contributed by atoms with van der Waals surface area (Å²) in [5.41, 5.74) is 2.03. The van der Waals surface area contributed by atoms with Gasteiger partial charge in [0.1, 0.15) is 0 Å². The van der Waals surface area contributed by atoms with Gasteiger partial charge in [0.2, 0.25) is 0 Å². The fourth-order valence-electron chi connectivity index (χ4n) is 3.00. The highest BCUT2D eigenvalue weighted by Crippen LogP contribution is 2.30. The van der Waals surface area contributed by atoms with Gasteiger partial charge in [0.05, 0.1) is 6.04 Å². The molecule has 0 saturated heterocycles. The predicted octanol–water partition coefficient (Wildman–Crippen LogP) is 2.29. The Hall–Kier alpha value is -1.63. The minimum absolute atomic E-state index is 0.1000. The van der Waals surface area contributed by atoms with E-state index in [0.29, 0.717) is 19.6 Å². The fraction of sp³-hybridized carbons (Fsp3) is 0.375. The minimum atomic E-state index is -3.49. The first kappa shape index (κ1) is 15.3. The third-order valence-electron chi connectivity index (χ3n) is 4.11. The number of benzene rings is 1. The summed E-state index contributed by atoms with van der Waals surface area (Å²) in [4.78, 5) is 0. The minimum Gasteiger partial charge on any atom is -0.349 e. The van der Waals surface area contributed by atoms with Crippen LogP contribution in [0.4, 0.5) is 0 Å². The molecule has 118 valence electrons. The molecule has 1 N–H and O–H groups in total. The van der Waals surface area contributed by atoms with Crippen LogP contribution in [0.15, 0.2) is 48.7 Å². The first-order valence-corrected chi connectivity index (χ1v) is 9.01. The molecule has 0 amide bonds. The molecule has 1 unspecified atom stereocenters. The van der Waals surface area contributed by atoms with Crippen LogP contribution >= 0.6 is 0 Å². The normalized spacial score (nSPS) is 19.0. The molecular weight excluding hydrogens is 298 g/mol.